The molecule has 0 saturated carbocycles. The summed E-state index contributed by atoms with van der Waals surface area (Å²) in [7, 11) is 0. The molecule has 0 aliphatic carbocycles. The second kappa shape index (κ2) is 3.98. The van der Waals surface area contributed by atoms with Crippen LogP contribution in [0.1, 0.15) is 10.4 Å². The quantitative estimate of drug-likeness (QED) is 0.605. The van der Waals surface area contributed by atoms with E-state index >= 15 is 0 Å². The van der Waals surface area contributed by atoms with Crippen LogP contribution in [0.15, 0.2) is 40.6 Å². The zero-order valence-electron chi connectivity index (χ0n) is 7.31. The first kappa shape index (κ1) is 9.49. The number of hydrogen-bond donors (Lipinski definition) is 1. The zero-order valence-corrected chi connectivity index (χ0v) is 9.02. The Morgan fingerprint density at radius 3 is 2.71 bits per heavy atom. The van der Waals surface area contributed by atoms with Gasteiger partial charge >= 0.3 is 0 Å². The monoisotopic (exact) mass is 220 g/mol. The van der Waals surface area contributed by atoms with Gasteiger partial charge in [0.05, 0.1) is 0 Å². The van der Waals surface area contributed by atoms with Crippen LogP contribution in [0.25, 0.3) is 10.4 Å². The number of carbonyl (C=O) groups excluding carboxylic acids is 1. The molecule has 14 heavy (non-hydrogen) atoms. The van der Waals surface area contributed by atoms with E-state index in [1.807, 2.05) is 35.7 Å². The third kappa shape index (κ3) is 1.74. The van der Waals surface area contributed by atoms with E-state index in [9.17, 15) is 4.79 Å². The first-order chi connectivity index (χ1) is 6.81. The average molecular weight is 220 g/mol. The van der Waals surface area contributed by atoms with Crippen LogP contribution >= 0.6 is 24.0 Å². The normalized spacial score (nSPS) is 10.1. The Morgan fingerprint density at radius 1 is 1.29 bits per heavy atom. The Hall–Kier alpha value is -1.06. The number of benzene rings is 1. The van der Waals surface area contributed by atoms with Gasteiger partial charge in [0.25, 0.3) is 0 Å². The fraction of sp³-hybridized carbons (Fsp3) is 0. The van der Waals surface area contributed by atoms with E-state index in [-0.39, 0.29) is 0 Å². The second-order valence-corrected chi connectivity index (χ2v) is 4.27. The van der Waals surface area contributed by atoms with Crippen molar-refractivity contribution in [3.8, 4) is 10.4 Å². The molecule has 0 radical (unpaired) electrons. The fourth-order valence-corrected chi connectivity index (χ4v) is 2.49. The lowest BCUT2D eigenvalue weighted by Gasteiger charge is -1.99. The SMILES string of the molecule is O=Cc1csc(-c2ccccc2S)c1. The van der Waals surface area contributed by atoms with E-state index in [0.29, 0.717) is 0 Å². The smallest absolute Gasteiger partial charge is 0.150 e. The summed E-state index contributed by atoms with van der Waals surface area (Å²) < 4.78 is 0. The molecule has 3 heteroatoms. The van der Waals surface area contributed by atoms with Gasteiger partial charge in [0.1, 0.15) is 0 Å². The van der Waals surface area contributed by atoms with Gasteiger partial charge < -0.3 is 0 Å². The molecule has 0 N–H and O–H groups in total. The van der Waals surface area contributed by atoms with Crippen molar-refractivity contribution in [2.45, 2.75) is 4.90 Å². The van der Waals surface area contributed by atoms with Crippen molar-refractivity contribution in [2.75, 3.05) is 0 Å². The highest BCUT2D eigenvalue weighted by Crippen LogP contribution is 2.31. The number of carbonyl (C=O) groups is 1. The molecule has 2 aromatic rings. The predicted molar refractivity (Wildman–Crippen MR) is 62.4 cm³/mol. The molecule has 1 nitrogen and oxygen atoms in total. The van der Waals surface area contributed by atoms with Crippen LogP contribution in [0.2, 0.25) is 0 Å². The average Bonchev–Trinajstić information content (AvgIpc) is 2.67. The Balaban J connectivity index is 2.49. The molecule has 1 aromatic heterocycles. The van der Waals surface area contributed by atoms with Gasteiger partial charge in [-0.15, -0.1) is 24.0 Å². The van der Waals surface area contributed by atoms with Crippen LogP contribution in [0.3, 0.4) is 0 Å². The largest absolute Gasteiger partial charge is 0.298 e. The minimum Gasteiger partial charge on any atom is -0.298 e. The standard InChI is InChI=1S/C11H8OS2/c12-6-8-5-11(14-7-8)9-3-1-2-4-10(9)13/h1-7,13H. The maximum Gasteiger partial charge on any atom is 0.150 e. The molecule has 0 unspecified atom stereocenters. The number of thiol groups is 1. The van der Waals surface area contributed by atoms with E-state index in [1.54, 1.807) is 11.3 Å². The maximum absolute atomic E-state index is 10.5. The highest BCUT2D eigenvalue weighted by atomic mass is 32.1. The maximum atomic E-state index is 10.5. The molecule has 2 rings (SSSR count). The van der Waals surface area contributed by atoms with E-state index in [4.69, 9.17) is 0 Å². The van der Waals surface area contributed by atoms with Crippen LogP contribution in [-0.4, -0.2) is 6.29 Å². The number of hydrogen-bond acceptors (Lipinski definition) is 3. The van der Waals surface area contributed by atoms with Crippen LogP contribution < -0.4 is 0 Å². The summed E-state index contributed by atoms with van der Waals surface area (Å²) in [6.45, 7) is 0. The van der Waals surface area contributed by atoms with Gasteiger partial charge in [-0.25, -0.2) is 0 Å². The van der Waals surface area contributed by atoms with Gasteiger partial charge in [-0.1, -0.05) is 18.2 Å². The van der Waals surface area contributed by atoms with Gasteiger partial charge in [-0.3, -0.25) is 4.79 Å². The Labute approximate surface area is 91.8 Å². The topological polar surface area (TPSA) is 17.1 Å². The number of thiophene rings is 1. The van der Waals surface area contributed by atoms with Crippen molar-refractivity contribution >= 4 is 30.3 Å². The van der Waals surface area contributed by atoms with Crippen molar-refractivity contribution in [1.29, 1.82) is 0 Å². The molecule has 0 amide bonds. The highest BCUT2D eigenvalue weighted by molar-refractivity contribution is 7.80. The Bertz CT molecular complexity index is 460. The molecule has 1 aromatic carbocycles. The molecular formula is C11H8OS2. The lowest BCUT2D eigenvalue weighted by Crippen LogP contribution is -1.75. The van der Waals surface area contributed by atoms with Crippen LogP contribution in [0, 0.1) is 0 Å². The molecule has 0 aliphatic heterocycles. The van der Waals surface area contributed by atoms with E-state index < -0.39 is 0 Å². The third-order valence-corrected chi connectivity index (χ3v) is 3.30. The summed E-state index contributed by atoms with van der Waals surface area (Å²) in [5.74, 6) is 0. The van der Waals surface area contributed by atoms with Gasteiger partial charge in [-0.2, -0.15) is 0 Å². The van der Waals surface area contributed by atoms with Crippen molar-refractivity contribution in [3.05, 3.63) is 41.3 Å². The van der Waals surface area contributed by atoms with Gasteiger partial charge in [0, 0.05) is 26.3 Å². The van der Waals surface area contributed by atoms with Crippen LogP contribution in [0.5, 0.6) is 0 Å². The summed E-state index contributed by atoms with van der Waals surface area (Å²) >= 11 is 5.93. The first-order valence-corrected chi connectivity index (χ1v) is 5.46. The molecule has 0 bridgehead atoms. The van der Waals surface area contributed by atoms with E-state index in [1.165, 1.54) is 0 Å². The minimum absolute atomic E-state index is 0.724. The van der Waals surface area contributed by atoms with Crippen LogP contribution in [0.4, 0.5) is 0 Å². The van der Waals surface area contributed by atoms with E-state index in [0.717, 1.165) is 27.2 Å². The Morgan fingerprint density at radius 2 is 2.07 bits per heavy atom. The van der Waals surface area contributed by atoms with Crippen molar-refractivity contribution in [2.24, 2.45) is 0 Å². The molecule has 0 spiro atoms. The molecule has 1 heterocycles. The molecular weight excluding hydrogens is 212 g/mol. The van der Waals surface area contributed by atoms with Gasteiger partial charge in [0.2, 0.25) is 0 Å². The van der Waals surface area contributed by atoms with Crippen molar-refractivity contribution in [1.82, 2.24) is 0 Å². The Kier molecular flexibility index (Phi) is 2.70. The molecule has 0 fully saturated rings. The minimum atomic E-state index is 0.724. The molecule has 0 saturated heterocycles. The zero-order chi connectivity index (χ0) is 9.97. The first-order valence-electron chi connectivity index (χ1n) is 4.13. The second-order valence-electron chi connectivity index (χ2n) is 2.88. The molecule has 0 aliphatic rings. The third-order valence-electron chi connectivity index (χ3n) is 1.93. The van der Waals surface area contributed by atoms with Crippen LogP contribution in [-0.2, 0) is 0 Å². The molecule has 0 atom stereocenters. The number of aldehydes is 1. The predicted octanol–water partition coefficient (Wildman–Crippen LogP) is 3.52. The lowest BCUT2D eigenvalue weighted by molar-refractivity contribution is 0.112. The fourth-order valence-electron chi connectivity index (χ4n) is 1.24. The summed E-state index contributed by atoms with van der Waals surface area (Å²) in [6.07, 6.45) is 0.862. The van der Waals surface area contributed by atoms with Gasteiger partial charge in [-0.05, 0) is 12.1 Å². The summed E-state index contributed by atoms with van der Waals surface area (Å²) in [6, 6.07) is 9.74. The number of rotatable bonds is 2. The van der Waals surface area contributed by atoms with Crippen molar-refractivity contribution in [3.63, 3.8) is 0 Å². The molecule has 70 valence electrons. The lowest BCUT2D eigenvalue weighted by atomic mass is 10.2. The highest BCUT2D eigenvalue weighted by Gasteiger charge is 2.04. The summed E-state index contributed by atoms with van der Waals surface area (Å²) in [5, 5.41) is 1.85. The van der Waals surface area contributed by atoms with E-state index in [2.05, 4.69) is 12.6 Å². The van der Waals surface area contributed by atoms with Crippen molar-refractivity contribution < 1.29 is 4.79 Å². The summed E-state index contributed by atoms with van der Waals surface area (Å²) in [4.78, 5) is 12.5. The summed E-state index contributed by atoms with van der Waals surface area (Å²) in [5.41, 5.74) is 1.80. The van der Waals surface area contributed by atoms with Gasteiger partial charge in [0.15, 0.2) is 6.29 Å².